The Balaban J connectivity index is 0. The van der Waals surface area contributed by atoms with Gasteiger partial charge in [0.15, 0.2) is 0 Å². The summed E-state index contributed by atoms with van der Waals surface area (Å²) in [5.41, 5.74) is 0. The standard InChI is InChI=1S/7Na.7H/q7*+1;7*-1/p+1. The van der Waals surface area contributed by atoms with Crippen LogP contribution in [0.4, 0.5) is 0 Å². The van der Waals surface area contributed by atoms with Crippen molar-refractivity contribution in [1.82, 2.24) is 0 Å². The van der Waals surface area contributed by atoms with Crippen LogP contribution in [0.2, 0.25) is 0 Å². The second-order valence-electron chi connectivity index (χ2n) is 0. The minimum atomic E-state index is 0. The molecule has 0 saturated heterocycles. The molecule has 0 fully saturated rings. The van der Waals surface area contributed by atoms with E-state index in [-0.39, 0.29) is 218 Å². The van der Waals surface area contributed by atoms with Crippen LogP contribution in [0.1, 0.15) is 11.4 Å². The van der Waals surface area contributed by atoms with Crippen molar-refractivity contribution >= 4 is 0 Å². The predicted octanol–water partition coefficient (Wildman–Crippen LogP) is -20.1. The third-order valence-corrected chi connectivity index (χ3v) is 0. The third-order valence-electron chi connectivity index (χ3n) is 0. The van der Waals surface area contributed by atoms with Crippen molar-refractivity contribution in [3.8, 4) is 0 Å². The van der Waals surface area contributed by atoms with Gasteiger partial charge in [0.05, 0.1) is 0 Å². The summed E-state index contributed by atoms with van der Waals surface area (Å²) < 4.78 is 0. The normalized spacial score (nSPS) is 0. The van der Waals surface area contributed by atoms with Gasteiger partial charge in [0, 0.05) is 0 Å². The molecule has 0 atom stereocenters. The molecule has 0 saturated carbocycles. The van der Waals surface area contributed by atoms with Crippen molar-refractivity contribution in [2.45, 2.75) is 0 Å². The van der Waals surface area contributed by atoms with Gasteiger partial charge in [-0.3, -0.25) is 0 Å². The van der Waals surface area contributed by atoms with Crippen molar-refractivity contribution < 1.29 is 218 Å². The van der Waals surface area contributed by atoms with E-state index in [0.717, 1.165) is 0 Å². The van der Waals surface area contributed by atoms with Crippen LogP contribution in [0.3, 0.4) is 0 Å². The van der Waals surface area contributed by atoms with Crippen LogP contribution in [-0.4, -0.2) is 0 Å². The van der Waals surface area contributed by atoms with E-state index in [9.17, 15) is 0 Å². The third kappa shape index (κ3) is 32.1. The van der Waals surface area contributed by atoms with E-state index in [0.29, 0.717) is 0 Å². The molecule has 0 heterocycles. The maximum atomic E-state index is 0. The predicted molar refractivity (Wildman–Crippen MR) is 8.90 cm³/mol. The summed E-state index contributed by atoms with van der Waals surface area (Å²) in [7, 11) is 0. The Bertz CT molecular complexity index is 15.0. The Morgan fingerprint density at radius 2 is 0.429 bits per heavy atom. The molecule has 0 aliphatic carbocycles. The summed E-state index contributed by atoms with van der Waals surface area (Å²) in [6.45, 7) is 0. The Morgan fingerprint density at radius 3 is 0.429 bits per heavy atom. The van der Waals surface area contributed by atoms with Gasteiger partial charge in [0.2, 0.25) is 0 Å². The average molecular weight is 169 g/mol. The number of hydrogen-bond acceptors (Lipinski definition) is 0. The fourth-order valence-electron chi connectivity index (χ4n) is 0. The van der Waals surface area contributed by atoms with Crippen LogP contribution >= 0.6 is 0 Å². The van der Waals surface area contributed by atoms with Gasteiger partial charge >= 0.3 is 208 Å². The van der Waals surface area contributed by atoms with Gasteiger partial charge < -0.3 is 9.99 Å². The van der Waals surface area contributed by atoms with Crippen molar-refractivity contribution in [2.75, 3.05) is 0 Å². The first-order valence-corrected chi connectivity index (χ1v) is 0. The second-order valence-corrected chi connectivity index (χ2v) is 0. The van der Waals surface area contributed by atoms with Crippen LogP contribution in [-0.2, 0) is 0 Å². The fraction of sp³-hybridized carbons (Fsp3) is 0. The quantitative estimate of drug-likeness (QED) is 0.316. The van der Waals surface area contributed by atoms with Gasteiger partial charge in [-0.1, -0.05) is 0 Å². The Kier molecular flexibility index (Phi) is 264. The van der Waals surface area contributed by atoms with Crippen LogP contribution in [0.25, 0.3) is 0 Å². The molecule has 0 aromatic rings. The molecular formula is H8Na7+. The topological polar surface area (TPSA) is 0 Å². The fourth-order valence-corrected chi connectivity index (χ4v) is 0. The first kappa shape index (κ1) is 48.3. The molecule has 14 valence electrons. The molecule has 0 unspecified atom stereocenters. The van der Waals surface area contributed by atoms with E-state index >= 15 is 0 Å². The number of rotatable bonds is 0. The summed E-state index contributed by atoms with van der Waals surface area (Å²) in [5.74, 6) is 0. The molecule has 7 heteroatoms. The molecule has 0 aromatic carbocycles. The van der Waals surface area contributed by atoms with Gasteiger partial charge in [-0.25, -0.2) is 0 Å². The van der Waals surface area contributed by atoms with Gasteiger partial charge in [0.1, 0.15) is 0 Å². The van der Waals surface area contributed by atoms with Gasteiger partial charge in [-0.05, 0) is 0 Å². The second kappa shape index (κ2) is 38.2. The van der Waals surface area contributed by atoms with E-state index in [1.165, 1.54) is 0 Å². The van der Waals surface area contributed by atoms with E-state index in [1.54, 1.807) is 0 Å². The van der Waals surface area contributed by atoms with E-state index < -0.39 is 0 Å². The van der Waals surface area contributed by atoms with Crippen molar-refractivity contribution in [2.24, 2.45) is 0 Å². The van der Waals surface area contributed by atoms with E-state index in [2.05, 4.69) is 0 Å². The summed E-state index contributed by atoms with van der Waals surface area (Å²) in [4.78, 5) is 0. The zero-order chi connectivity index (χ0) is 0. The first-order valence-electron chi connectivity index (χ1n) is 0. The molecule has 0 aromatic heterocycles. The Labute approximate surface area is 212 Å². The Hall–Kier alpha value is 7.00. The monoisotopic (exact) mass is 169 g/mol. The molecule has 0 N–H and O–H groups in total. The molecule has 0 radical (unpaired) electrons. The van der Waals surface area contributed by atoms with E-state index in [4.69, 9.17) is 0 Å². The zero-order valence-corrected chi connectivity index (χ0v) is 21.0. The van der Waals surface area contributed by atoms with Gasteiger partial charge in [-0.2, -0.15) is 0 Å². The molecule has 7 heavy (non-hydrogen) atoms. The van der Waals surface area contributed by atoms with Crippen molar-refractivity contribution in [3.63, 3.8) is 0 Å². The maximum Gasteiger partial charge on any atom is 1.00 e. The smallest absolute Gasteiger partial charge is 1.00 e. The average Bonchev–Trinajstić information content (AvgIpc) is 0. The van der Waals surface area contributed by atoms with E-state index in [1.807, 2.05) is 0 Å². The molecule has 0 aliphatic rings. The van der Waals surface area contributed by atoms with Crippen LogP contribution in [0.5, 0.6) is 0 Å². The Morgan fingerprint density at radius 1 is 0.429 bits per heavy atom. The zero-order valence-electron chi connectivity index (χ0n) is 15.0. The van der Waals surface area contributed by atoms with Crippen LogP contribution < -0.4 is 207 Å². The molecule has 0 spiro atoms. The molecule has 0 rings (SSSR count). The molecule has 0 aliphatic heterocycles. The van der Waals surface area contributed by atoms with Crippen molar-refractivity contribution in [3.05, 3.63) is 0 Å². The number of hydrogen-bond donors (Lipinski definition) is 0. The maximum absolute atomic E-state index is 0. The summed E-state index contributed by atoms with van der Waals surface area (Å²) >= 11 is 0. The van der Waals surface area contributed by atoms with Crippen LogP contribution in [0.15, 0.2) is 0 Å². The molecule has 0 nitrogen and oxygen atoms in total. The van der Waals surface area contributed by atoms with Crippen molar-refractivity contribution in [1.29, 1.82) is 0 Å². The SMILES string of the molecule is [H+].[H-].[H-].[H-].[H-].[H-].[H-].[H-].[Na+].[Na+].[Na+].[Na+].[Na+].[Na+].[Na+]. The summed E-state index contributed by atoms with van der Waals surface area (Å²) in [6, 6.07) is 0. The summed E-state index contributed by atoms with van der Waals surface area (Å²) in [5, 5.41) is 0. The summed E-state index contributed by atoms with van der Waals surface area (Å²) in [6.07, 6.45) is 0. The molecular weight excluding hydrogens is 161 g/mol. The largest absolute Gasteiger partial charge is 1.00 e. The molecule has 0 amide bonds. The van der Waals surface area contributed by atoms with Gasteiger partial charge in [0.25, 0.3) is 0 Å². The first-order chi connectivity index (χ1) is 0. The molecule has 0 bridgehead atoms. The van der Waals surface area contributed by atoms with Crippen LogP contribution in [0, 0.1) is 0 Å². The van der Waals surface area contributed by atoms with Gasteiger partial charge in [-0.15, -0.1) is 0 Å². The minimum absolute atomic E-state index is 0. The minimum Gasteiger partial charge on any atom is -1.00 e.